The third-order valence-electron chi connectivity index (χ3n) is 4.51. The van der Waals surface area contributed by atoms with Gasteiger partial charge in [0.2, 0.25) is 5.91 Å². The molecule has 1 amide bonds. The van der Waals surface area contributed by atoms with Gasteiger partial charge in [0, 0.05) is 44.5 Å². The Labute approximate surface area is 148 Å². The molecule has 128 valence electrons. The van der Waals surface area contributed by atoms with Crippen LogP contribution in [0.4, 0.5) is 0 Å². The summed E-state index contributed by atoms with van der Waals surface area (Å²) in [4.78, 5) is 21.3. The van der Waals surface area contributed by atoms with E-state index in [1.54, 1.807) is 11.3 Å². The number of aryl methyl sites for hydroxylation is 1. The van der Waals surface area contributed by atoms with Crippen molar-refractivity contribution in [2.24, 2.45) is 0 Å². The predicted octanol–water partition coefficient (Wildman–Crippen LogP) is 3.20. The average Bonchev–Trinajstić information content (AvgIpc) is 3.00. The molecule has 1 aromatic heterocycles. The molecular weight excluding hydrogens is 318 g/mol. The summed E-state index contributed by atoms with van der Waals surface area (Å²) in [5, 5.41) is 2.11. The highest BCUT2D eigenvalue weighted by molar-refractivity contribution is 7.07. The van der Waals surface area contributed by atoms with Crippen LogP contribution >= 0.6 is 11.3 Å². The number of aromatic nitrogens is 1. The van der Waals surface area contributed by atoms with E-state index in [0.29, 0.717) is 12.3 Å². The number of hydrogen-bond acceptors (Lipinski definition) is 4. The van der Waals surface area contributed by atoms with Crippen molar-refractivity contribution >= 4 is 17.2 Å². The van der Waals surface area contributed by atoms with Gasteiger partial charge < -0.3 is 4.90 Å². The number of benzene rings is 1. The van der Waals surface area contributed by atoms with Gasteiger partial charge in [-0.2, -0.15) is 0 Å². The van der Waals surface area contributed by atoms with Crippen molar-refractivity contribution in [1.82, 2.24) is 14.8 Å². The van der Waals surface area contributed by atoms with Gasteiger partial charge in [0.05, 0.1) is 11.2 Å². The van der Waals surface area contributed by atoms with Crippen LogP contribution in [0.1, 0.15) is 30.5 Å². The van der Waals surface area contributed by atoms with Crippen LogP contribution in [0.2, 0.25) is 0 Å². The first-order valence-electron chi connectivity index (χ1n) is 8.72. The Morgan fingerprint density at radius 3 is 2.79 bits per heavy atom. The highest BCUT2D eigenvalue weighted by Gasteiger charge is 2.19. The maximum absolute atomic E-state index is 12.5. The molecule has 1 aromatic carbocycles. The summed E-state index contributed by atoms with van der Waals surface area (Å²) >= 11 is 1.64. The molecule has 24 heavy (non-hydrogen) atoms. The first kappa shape index (κ1) is 17.1. The van der Waals surface area contributed by atoms with E-state index in [1.807, 2.05) is 16.5 Å². The van der Waals surface area contributed by atoms with Gasteiger partial charge in [-0.25, -0.2) is 4.98 Å². The number of rotatable bonds is 6. The molecule has 0 atom stereocenters. The van der Waals surface area contributed by atoms with Crippen LogP contribution in [-0.4, -0.2) is 46.9 Å². The van der Waals surface area contributed by atoms with Gasteiger partial charge in [-0.1, -0.05) is 30.3 Å². The second-order valence-electron chi connectivity index (χ2n) is 6.33. The zero-order valence-electron chi connectivity index (χ0n) is 14.1. The zero-order valence-corrected chi connectivity index (χ0v) is 14.9. The van der Waals surface area contributed by atoms with Crippen LogP contribution in [-0.2, 0) is 17.8 Å². The molecule has 1 saturated heterocycles. The number of amides is 1. The number of thiazole rings is 1. The van der Waals surface area contributed by atoms with Crippen LogP contribution in [0.5, 0.6) is 0 Å². The lowest BCUT2D eigenvalue weighted by Gasteiger charge is -2.21. The highest BCUT2D eigenvalue weighted by Crippen LogP contribution is 2.11. The van der Waals surface area contributed by atoms with Gasteiger partial charge in [0.1, 0.15) is 0 Å². The van der Waals surface area contributed by atoms with Crippen LogP contribution < -0.4 is 0 Å². The Kier molecular flexibility index (Phi) is 6.38. The maximum atomic E-state index is 12.5. The fourth-order valence-electron chi connectivity index (χ4n) is 3.17. The van der Waals surface area contributed by atoms with Crippen LogP contribution in [0.3, 0.4) is 0 Å². The Bertz CT molecular complexity index is 615. The number of carbonyl (C=O) groups excluding carboxylic acids is 1. The van der Waals surface area contributed by atoms with E-state index in [9.17, 15) is 4.79 Å². The maximum Gasteiger partial charge on any atom is 0.222 e. The topological polar surface area (TPSA) is 36.4 Å². The molecule has 0 spiro atoms. The number of hydrogen-bond donors (Lipinski definition) is 0. The van der Waals surface area contributed by atoms with E-state index in [4.69, 9.17) is 0 Å². The summed E-state index contributed by atoms with van der Waals surface area (Å²) in [6.45, 7) is 4.62. The largest absolute Gasteiger partial charge is 0.341 e. The summed E-state index contributed by atoms with van der Waals surface area (Å²) in [6, 6.07) is 10.4. The Morgan fingerprint density at radius 1 is 1.12 bits per heavy atom. The second-order valence-corrected chi connectivity index (χ2v) is 7.05. The van der Waals surface area contributed by atoms with E-state index in [0.717, 1.165) is 57.7 Å². The summed E-state index contributed by atoms with van der Waals surface area (Å²) in [5.74, 6) is 0.307. The van der Waals surface area contributed by atoms with Crippen molar-refractivity contribution in [2.75, 3.05) is 26.2 Å². The van der Waals surface area contributed by atoms with Crippen molar-refractivity contribution in [3.8, 4) is 0 Å². The molecule has 3 rings (SSSR count). The smallest absolute Gasteiger partial charge is 0.222 e. The molecule has 2 aromatic rings. The number of nitrogens with zero attached hydrogens (tertiary/aromatic N) is 3. The lowest BCUT2D eigenvalue weighted by Crippen LogP contribution is -2.35. The first-order chi connectivity index (χ1) is 11.8. The van der Waals surface area contributed by atoms with E-state index >= 15 is 0 Å². The Hall–Kier alpha value is -1.72. The van der Waals surface area contributed by atoms with Crippen molar-refractivity contribution in [2.45, 2.75) is 32.2 Å². The third kappa shape index (κ3) is 5.14. The van der Waals surface area contributed by atoms with Gasteiger partial charge in [-0.3, -0.25) is 9.69 Å². The standard InChI is InChI=1S/C19H25N3OS/c23-19(9-4-8-17-6-2-1-3-7-17)22-11-5-10-21(12-13-22)14-18-15-24-16-20-18/h1-3,6-7,15-16H,4-5,8-14H2. The molecule has 0 saturated carbocycles. The lowest BCUT2D eigenvalue weighted by molar-refractivity contribution is -0.131. The van der Waals surface area contributed by atoms with Gasteiger partial charge in [-0.15, -0.1) is 11.3 Å². The molecule has 1 fully saturated rings. The van der Waals surface area contributed by atoms with Gasteiger partial charge >= 0.3 is 0 Å². The van der Waals surface area contributed by atoms with Crippen LogP contribution in [0.25, 0.3) is 0 Å². The Balaban J connectivity index is 1.41. The molecule has 0 radical (unpaired) electrons. The SMILES string of the molecule is O=C(CCCc1ccccc1)N1CCCN(Cc2cscn2)CC1. The normalized spacial score (nSPS) is 16.1. The Morgan fingerprint density at radius 2 is 2.00 bits per heavy atom. The summed E-state index contributed by atoms with van der Waals surface area (Å²) in [5.41, 5.74) is 4.34. The third-order valence-corrected chi connectivity index (χ3v) is 5.14. The minimum atomic E-state index is 0.307. The molecule has 4 nitrogen and oxygen atoms in total. The summed E-state index contributed by atoms with van der Waals surface area (Å²) in [7, 11) is 0. The van der Waals surface area contributed by atoms with Crippen LogP contribution in [0, 0.1) is 0 Å². The predicted molar refractivity (Wildman–Crippen MR) is 98.0 cm³/mol. The molecule has 0 unspecified atom stereocenters. The fraction of sp³-hybridized carbons (Fsp3) is 0.474. The minimum absolute atomic E-state index is 0.307. The number of carbonyl (C=O) groups is 1. The zero-order chi connectivity index (χ0) is 16.6. The van der Waals surface area contributed by atoms with Crippen molar-refractivity contribution < 1.29 is 4.79 Å². The van der Waals surface area contributed by atoms with E-state index < -0.39 is 0 Å². The quantitative estimate of drug-likeness (QED) is 0.808. The second kappa shape index (κ2) is 8.94. The lowest BCUT2D eigenvalue weighted by atomic mass is 10.1. The average molecular weight is 343 g/mol. The van der Waals surface area contributed by atoms with Gasteiger partial charge in [0.15, 0.2) is 0 Å². The molecule has 2 heterocycles. The minimum Gasteiger partial charge on any atom is -0.341 e. The molecular formula is C19H25N3OS. The van der Waals surface area contributed by atoms with Crippen molar-refractivity contribution in [3.05, 3.63) is 52.5 Å². The molecule has 0 bridgehead atoms. The van der Waals surface area contributed by atoms with Crippen LogP contribution in [0.15, 0.2) is 41.2 Å². The summed E-state index contributed by atoms with van der Waals surface area (Å²) < 4.78 is 0. The molecule has 1 aliphatic rings. The van der Waals surface area contributed by atoms with Crippen molar-refractivity contribution in [3.63, 3.8) is 0 Å². The summed E-state index contributed by atoms with van der Waals surface area (Å²) in [6.07, 6.45) is 3.62. The van der Waals surface area contributed by atoms with Gasteiger partial charge in [0.25, 0.3) is 0 Å². The first-order valence-corrected chi connectivity index (χ1v) is 9.66. The molecule has 0 aliphatic carbocycles. The van der Waals surface area contributed by atoms with Gasteiger partial charge in [-0.05, 0) is 24.8 Å². The van der Waals surface area contributed by atoms with E-state index in [-0.39, 0.29) is 0 Å². The monoisotopic (exact) mass is 343 g/mol. The van der Waals surface area contributed by atoms with E-state index in [1.165, 1.54) is 5.56 Å². The highest BCUT2D eigenvalue weighted by atomic mass is 32.1. The molecule has 5 heteroatoms. The molecule has 0 N–H and O–H groups in total. The van der Waals surface area contributed by atoms with Crippen molar-refractivity contribution in [1.29, 1.82) is 0 Å². The molecule has 1 aliphatic heterocycles. The van der Waals surface area contributed by atoms with E-state index in [2.05, 4.69) is 39.5 Å². The fourth-order valence-corrected chi connectivity index (χ4v) is 3.72.